The number of alkyl halides is 3. The Balaban J connectivity index is 1.51. The van der Waals surface area contributed by atoms with Crippen molar-refractivity contribution in [2.75, 3.05) is 18.5 Å². The fraction of sp³-hybridized carbons (Fsp3) is 0.227. The Labute approximate surface area is 191 Å². The summed E-state index contributed by atoms with van der Waals surface area (Å²) in [6.45, 7) is 1.28. The molecule has 2 heterocycles. The van der Waals surface area contributed by atoms with Crippen molar-refractivity contribution in [3.63, 3.8) is 0 Å². The third-order valence-electron chi connectivity index (χ3n) is 5.04. The predicted molar refractivity (Wildman–Crippen MR) is 114 cm³/mol. The Bertz CT molecular complexity index is 1320. The normalized spacial score (nSPS) is 12.9. The maximum absolute atomic E-state index is 13.1. The molecule has 1 aliphatic rings. The van der Waals surface area contributed by atoms with E-state index in [2.05, 4.69) is 4.98 Å². The summed E-state index contributed by atoms with van der Waals surface area (Å²) in [6, 6.07) is 11.3. The van der Waals surface area contributed by atoms with Gasteiger partial charge in [-0.15, -0.1) is 0 Å². The van der Waals surface area contributed by atoms with E-state index >= 15 is 0 Å². The molecule has 7 nitrogen and oxygen atoms in total. The van der Waals surface area contributed by atoms with Crippen LogP contribution in [0.15, 0.2) is 47.3 Å². The molecule has 4 rings (SSSR count). The molecule has 0 N–H and O–H groups in total. The Kier molecular flexibility index (Phi) is 5.91. The van der Waals surface area contributed by atoms with Crippen LogP contribution in [0.3, 0.4) is 0 Å². The van der Waals surface area contributed by atoms with Crippen molar-refractivity contribution >= 4 is 17.4 Å². The van der Waals surface area contributed by atoms with Gasteiger partial charge in [-0.1, -0.05) is 17.7 Å². The summed E-state index contributed by atoms with van der Waals surface area (Å²) in [4.78, 5) is 17.9. The molecule has 3 aromatic rings. The number of ether oxygens (including phenoxy) is 2. The van der Waals surface area contributed by atoms with Crippen LogP contribution in [0.5, 0.6) is 17.4 Å². The number of likely N-dealkylation sites (N-methyl/N-ethyl adjacent to an activating group) is 1. The molecule has 0 aliphatic carbocycles. The number of benzene rings is 2. The van der Waals surface area contributed by atoms with E-state index in [1.807, 2.05) is 18.0 Å². The largest absolute Gasteiger partial charge is 0.473 e. The highest BCUT2D eigenvalue weighted by Crippen LogP contribution is 2.38. The van der Waals surface area contributed by atoms with E-state index in [4.69, 9.17) is 21.1 Å². The minimum atomic E-state index is -4.64. The molecular formula is C22H16ClF3N4O3. The summed E-state index contributed by atoms with van der Waals surface area (Å²) >= 11 is 5.63. The summed E-state index contributed by atoms with van der Waals surface area (Å²) in [5.74, 6) is 0.818. The van der Waals surface area contributed by atoms with Gasteiger partial charge in [-0.2, -0.15) is 23.4 Å². The Morgan fingerprint density at radius 3 is 2.70 bits per heavy atom. The highest BCUT2D eigenvalue weighted by atomic mass is 35.5. The second kappa shape index (κ2) is 8.67. The van der Waals surface area contributed by atoms with Crippen LogP contribution in [0.25, 0.3) is 0 Å². The van der Waals surface area contributed by atoms with Crippen molar-refractivity contribution in [2.45, 2.75) is 19.3 Å². The number of anilines is 1. The van der Waals surface area contributed by atoms with E-state index in [0.717, 1.165) is 12.1 Å². The molecule has 33 heavy (non-hydrogen) atoms. The van der Waals surface area contributed by atoms with Gasteiger partial charge >= 0.3 is 11.9 Å². The first-order valence-electron chi connectivity index (χ1n) is 9.69. The van der Waals surface area contributed by atoms with Crippen LogP contribution in [0, 0.1) is 11.3 Å². The highest BCUT2D eigenvalue weighted by Gasteiger charge is 2.33. The van der Waals surface area contributed by atoms with Crippen molar-refractivity contribution in [3.05, 3.63) is 74.7 Å². The van der Waals surface area contributed by atoms with Crippen molar-refractivity contribution in [1.29, 1.82) is 5.26 Å². The van der Waals surface area contributed by atoms with Gasteiger partial charge in [0.1, 0.15) is 30.0 Å². The molecule has 1 aromatic heterocycles. The molecule has 0 unspecified atom stereocenters. The third kappa shape index (κ3) is 4.73. The lowest BCUT2D eigenvalue weighted by Gasteiger charge is -2.14. The minimum absolute atomic E-state index is 0.0216. The first-order valence-corrected chi connectivity index (χ1v) is 10.1. The summed E-state index contributed by atoms with van der Waals surface area (Å²) in [5, 5.41) is 9.02. The molecule has 1 aliphatic heterocycles. The topological polar surface area (TPSA) is 80.4 Å². The van der Waals surface area contributed by atoms with E-state index in [1.54, 1.807) is 16.7 Å². The van der Waals surface area contributed by atoms with Crippen molar-refractivity contribution < 1.29 is 22.6 Å². The zero-order chi connectivity index (χ0) is 23.8. The van der Waals surface area contributed by atoms with Crippen LogP contribution < -0.4 is 20.1 Å². The van der Waals surface area contributed by atoms with Gasteiger partial charge in [-0.05, 0) is 35.9 Å². The smallest absolute Gasteiger partial charge is 0.417 e. The standard InChI is InChI=1S/C22H16ClF3N4O3/c1-29-6-7-30-20(29)10-19(28-21(30)31)32-12-13-2-5-18(14(8-13)11-27)33-15-3-4-17(23)16(9-15)22(24,25)26/h2-5,8-10H,6-7,12H2,1H3. The molecule has 0 fully saturated rings. The average Bonchev–Trinajstić information content (AvgIpc) is 3.14. The van der Waals surface area contributed by atoms with Gasteiger partial charge < -0.3 is 14.4 Å². The molecular weight excluding hydrogens is 461 g/mol. The SMILES string of the molecule is CN1CCn2c1cc(OCc1ccc(Oc3ccc(Cl)c(C(F)(F)F)c3)c(C#N)c1)nc2=O. The Hall–Kier alpha value is -3.71. The lowest BCUT2D eigenvalue weighted by molar-refractivity contribution is -0.137. The number of fused-ring (bicyclic) bond motifs is 1. The quantitative estimate of drug-likeness (QED) is 0.535. The summed E-state index contributed by atoms with van der Waals surface area (Å²) < 4.78 is 51.9. The van der Waals surface area contributed by atoms with E-state index < -0.39 is 22.5 Å². The number of halogens is 4. The van der Waals surface area contributed by atoms with E-state index in [9.17, 15) is 23.2 Å². The lowest BCUT2D eigenvalue weighted by Crippen LogP contribution is -2.22. The lowest BCUT2D eigenvalue weighted by atomic mass is 10.1. The molecule has 11 heteroatoms. The fourth-order valence-electron chi connectivity index (χ4n) is 3.35. The van der Waals surface area contributed by atoms with Gasteiger partial charge in [0.15, 0.2) is 0 Å². The van der Waals surface area contributed by atoms with Crippen LogP contribution in [0.4, 0.5) is 19.0 Å². The number of nitriles is 1. The predicted octanol–water partition coefficient (Wildman–Crippen LogP) is 4.61. The summed E-state index contributed by atoms with van der Waals surface area (Å²) in [6.07, 6.45) is -4.64. The van der Waals surface area contributed by atoms with Crippen molar-refractivity contribution in [2.24, 2.45) is 0 Å². The van der Waals surface area contributed by atoms with Crippen molar-refractivity contribution in [3.8, 4) is 23.4 Å². The molecule has 0 saturated carbocycles. The number of aromatic nitrogens is 2. The van der Waals surface area contributed by atoms with Gasteiger partial charge in [0.2, 0.25) is 5.88 Å². The van der Waals surface area contributed by atoms with Gasteiger partial charge in [-0.25, -0.2) is 4.79 Å². The van der Waals surface area contributed by atoms with Crippen molar-refractivity contribution in [1.82, 2.24) is 9.55 Å². The molecule has 0 spiro atoms. The van der Waals surface area contributed by atoms with Gasteiger partial charge in [-0.3, -0.25) is 4.57 Å². The molecule has 0 radical (unpaired) electrons. The highest BCUT2D eigenvalue weighted by molar-refractivity contribution is 6.31. The molecule has 0 bridgehead atoms. The molecule has 2 aromatic carbocycles. The van der Waals surface area contributed by atoms with Crippen LogP contribution in [-0.2, 0) is 19.3 Å². The number of hydrogen-bond donors (Lipinski definition) is 0. The molecule has 0 amide bonds. The monoisotopic (exact) mass is 476 g/mol. The maximum Gasteiger partial charge on any atom is 0.417 e. The minimum Gasteiger partial charge on any atom is -0.473 e. The Morgan fingerprint density at radius 2 is 1.97 bits per heavy atom. The zero-order valence-corrected chi connectivity index (χ0v) is 17.9. The summed E-state index contributed by atoms with van der Waals surface area (Å²) in [5.41, 5.74) is -0.758. The van der Waals surface area contributed by atoms with Gasteiger partial charge in [0, 0.05) is 26.2 Å². The van der Waals surface area contributed by atoms with Crippen LogP contribution in [0.2, 0.25) is 5.02 Å². The number of hydrogen-bond acceptors (Lipinski definition) is 6. The third-order valence-corrected chi connectivity index (χ3v) is 5.37. The average molecular weight is 477 g/mol. The first kappa shape index (κ1) is 22.5. The molecule has 0 atom stereocenters. The van der Waals surface area contributed by atoms with Crippen LogP contribution >= 0.6 is 11.6 Å². The first-order chi connectivity index (χ1) is 15.7. The maximum atomic E-state index is 13.1. The van der Waals surface area contributed by atoms with Crippen LogP contribution in [-0.4, -0.2) is 23.1 Å². The zero-order valence-electron chi connectivity index (χ0n) is 17.2. The second-order valence-corrected chi connectivity index (χ2v) is 7.69. The molecule has 170 valence electrons. The Morgan fingerprint density at radius 1 is 1.18 bits per heavy atom. The number of nitrogens with zero attached hydrogens (tertiary/aromatic N) is 4. The fourth-order valence-corrected chi connectivity index (χ4v) is 3.58. The van der Waals surface area contributed by atoms with E-state index in [0.29, 0.717) is 24.5 Å². The molecule has 0 saturated heterocycles. The number of rotatable bonds is 5. The summed E-state index contributed by atoms with van der Waals surface area (Å²) in [7, 11) is 1.86. The van der Waals surface area contributed by atoms with Crippen LogP contribution in [0.1, 0.15) is 16.7 Å². The van der Waals surface area contributed by atoms with Gasteiger partial charge in [0.05, 0.1) is 16.1 Å². The second-order valence-electron chi connectivity index (χ2n) is 7.28. The van der Waals surface area contributed by atoms with Gasteiger partial charge in [0.25, 0.3) is 0 Å². The van der Waals surface area contributed by atoms with E-state index in [1.165, 1.54) is 18.2 Å². The van der Waals surface area contributed by atoms with E-state index in [-0.39, 0.29) is 29.5 Å².